The Balaban J connectivity index is 2.49. The summed E-state index contributed by atoms with van der Waals surface area (Å²) in [6.45, 7) is 2.69. The molecule has 2 rings (SSSR count). The van der Waals surface area contributed by atoms with Gasteiger partial charge in [0.25, 0.3) is 0 Å². The molecular formula is C12H13Cl2NO4S2. The monoisotopic (exact) mass is 369 g/mol. The molecule has 1 N–H and O–H groups in total. The molecule has 1 atom stereocenters. The van der Waals surface area contributed by atoms with Crippen molar-refractivity contribution in [2.75, 3.05) is 18.8 Å². The van der Waals surface area contributed by atoms with Gasteiger partial charge in [-0.1, -0.05) is 30.1 Å². The molecule has 1 saturated heterocycles. The molecule has 1 aromatic carbocycles. The number of benzene rings is 1. The van der Waals surface area contributed by atoms with E-state index in [1.165, 1.54) is 4.31 Å². The van der Waals surface area contributed by atoms with E-state index in [4.69, 9.17) is 28.3 Å². The number of halogens is 2. The van der Waals surface area contributed by atoms with Crippen LogP contribution >= 0.6 is 35.0 Å². The molecule has 0 aliphatic carbocycles. The number of rotatable bonds is 3. The first kappa shape index (κ1) is 16.9. The van der Waals surface area contributed by atoms with Crippen LogP contribution in [0.1, 0.15) is 17.3 Å². The van der Waals surface area contributed by atoms with Gasteiger partial charge in [0.1, 0.15) is 4.90 Å². The lowest BCUT2D eigenvalue weighted by Crippen LogP contribution is -2.41. The van der Waals surface area contributed by atoms with Crippen LogP contribution in [0.3, 0.4) is 0 Å². The van der Waals surface area contributed by atoms with E-state index in [0.717, 1.165) is 12.1 Å². The average Bonchev–Trinajstić information content (AvgIpc) is 2.37. The molecule has 1 aliphatic heterocycles. The Kier molecular flexibility index (Phi) is 5.10. The second kappa shape index (κ2) is 6.34. The minimum Gasteiger partial charge on any atom is -0.478 e. The standard InChI is InChI=1S/C12H13Cl2NO4S2/c1-7-6-15(2-3-20-7)21(18,19)11-4-8(12(16)17)9(13)5-10(11)14/h4-5,7H,2-3,6H2,1H3,(H,16,17). The first-order chi connectivity index (χ1) is 9.73. The summed E-state index contributed by atoms with van der Waals surface area (Å²) in [6, 6.07) is 2.18. The highest BCUT2D eigenvalue weighted by Gasteiger charge is 2.31. The quantitative estimate of drug-likeness (QED) is 0.886. The fourth-order valence-corrected chi connectivity index (χ4v) is 5.62. The third-order valence-electron chi connectivity index (χ3n) is 3.07. The maximum absolute atomic E-state index is 12.6. The number of thioether (sulfide) groups is 1. The Labute approximate surface area is 137 Å². The zero-order valence-electron chi connectivity index (χ0n) is 11.0. The van der Waals surface area contributed by atoms with E-state index < -0.39 is 16.0 Å². The predicted octanol–water partition coefficient (Wildman–Crippen LogP) is 2.82. The third kappa shape index (κ3) is 3.48. The van der Waals surface area contributed by atoms with Crippen molar-refractivity contribution < 1.29 is 18.3 Å². The second-order valence-electron chi connectivity index (χ2n) is 4.61. The van der Waals surface area contributed by atoms with Crippen LogP contribution in [0.4, 0.5) is 0 Å². The van der Waals surface area contributed by atoms with Crippen LogP contribution in [-0.2, 0) is 10.0 Å². The van der Waals surface area contributed by atoms with Gasteiger partial charge in [-0.2, -0.15) is 16.1 Å². The number of carbonyl (C=O) groups is 1. The number of aromatic carboxylic acids is 1. The van der Waals surface area contributed by atoms with Gasteiger partial charge in [0, 0.05) is 24.1 Å². The molecule has 116 valence electrons. The van der Waals surface area contributed by atoms with Gasteiger partial charge in [-0.25, -0.2) is 13.2 Å². The summed E-state index contributed by atoms with van der Waals surface area (Å²) in [5.74, 6) is -0.604. The van der Waals surface area contributed by atoms with Crippen LogP contribution in [0.2, 0.25) is 10.0 Å². The van der Waals surface area contributed by atoms with E-state index in [9.17, 15) is 13.2 Å². The number of hydrogen-bond donors (Lipinski definition) is 1. The van der Waals surface area contributed by atoms with Crippen LogP contribution in [0, 0.1) is 0 Å². The summed E-state index contributed by atoms with van der Waals surface area (Å²) in [4.78, 5) is 10.9. The van der Waals surface area contributed by atoms with Crippen molar-refractivity contribution in [2.24, 2.45) is 0 Å². The van der Waals surface area contributed by atoms with Crippen LogP contribution in [0.5, 0.6) is 0 Å². The number of nitrogens with zero attached hydrogens (tertiary/aromatic N) is 1. The molecule has 9 heteroatoms. The Hall–Kier alpha value is -0.470. The molecule has 1 aromatic rings. The molecule has 0 spiro atoms. The van der Waals surface area contributed by atoms with Gasteiger partial charge in [0.2, 0.25) is 10.0 Å². The van der Waals surface area contributed by atoms with Gasteiger partial charge < -0.3 is 5.11 Å². The van der Waals surface area contributed by atoms with E-state index in [1.807, 2.05) is 6.92 Å². The van der Waals surface area contributed by atoms with Crippen molar-refractivity contribution >= 4 is 51.0 Å². The number of carboxylic acid groups (broad SMARTS) is 1. The van der Waals surface area contributed by atoms with E-state index in [0.29, 0.717) is 18.8 Å². The van der Waals surface area contributed by atoms with Gasteiger partial charge >= 0.3 is 5.97 Å². The maximum atomic E-state index is 12.6. The molecular weight excluding hydrogens is 357 g/mol. The highest BCUT2D eigenvalue weighted by atomic mass is 35.5. The Bertz CT molecular complexity index is 678. The zero-order chi connectivity index (χ0) is 15.8. The number of carboxylic acids is 1. The van der Waals surface area contributed by atoms with Crippen molar-refractivity contribution in [1.82, 2.24) is 4.31 Å². The molecule has 0 saturated carbocycles. The predicted molar refractivity (Wildman–Crippen MR) is 84.1 cm³/mol. The van der Waals surface area contributed by atoms with Crippen molar-refractivity contribution in [2.45, 2.75) is 17.1 Å². The first-order valence-electron chi connectivity index (χ1n) is 6.07. The van der Waals surface area contributed by atoms with Gasteiger partial charge in [-0.3, -0.25) is 0 Å². The highest BCUT2D eigenvalue weighted by molar-refractivity contribution is 8.00. The lowest BCUT2D eigenvalue weighted by atomic mass is 10.2. The number of sulfonamides is 1. The summed E-state index contributed by atoms with van der Waals surface area (Å²) < 4.78 is 26.6. The van der Waals surface area contributed by atoms with E-state index in [1.54, 1.807) is 11.8 Å². The normalized spacial score (nSPS) is 20.4. The summed E-state index contributed by atoms with van der Waals surface area (Å²) in [5.41, 5.74) is -0.279. The van der Waals surface area contributed by atoms with Crippen molar-refractivity contribution in [3.05, 3.63) is 27.7 Å². The average molecular weight is 370 g/mol. The van der Waals surface area contributed by atoms with Crippen molar-refractivity contribution in [3.63, 3.8) is 0 Å². The highest BCUT2D eigenvalue weighted by Crippen LogP contribution is 2.32. The Morgan fingerprint density at radius 3 is 2.62 bits per heavy atom. The number of hydrogen-bond acceptors (Lipinski definition) is 4. The fourth-order valence-electron chi connectivity index (χ4n) is 2.03. The van der Waals surface area contributed by atoms with Crippen LogP contribution in [-0.4, -0.2) is 47.9 Å². The molecule has 0 amide bonds. The SMILES string of the molecule is CC1CN(S(=O)(=O)c2cc(C(=O)O)c(Cl)cc2Cl)CCS1. The lowest BCUT2D eigenvalue weighted by molar-refractivity contribution is 0.0697. The molecule has 0 bridgehead atoms. The van der Waals surface area contributed by atoms with Gasteiger partial charge in [0.05, 0.1) is 15.6 Å². The molecule has 0 aromatic heterocycles. The minimum atomic E-state index is -3.83. The lowest BCUT2D eigenvalue weighted by Gasteiger charge is -2.30. The van der Waals surface area contributed by atoms with E-state index in [2.05, 4.69) is 0 Å². The van der Waals surface area contributed by atoms with Crippen LogP contribution in [0.25, 0.3) is 0 Å². The molecule has 1 unspecified atom stereocenters. The maximum Gasteiger partial charge on any atom is 0.337 e. The van der Waals surface area contributed by atoms with Gasteiger partial charge in [-0.05, 0) is 12.1 Å². The van der Waals surface area contributed by atoms with Crippen LogP contribution < -0.4 is 0 Å². The summed E-state index contributed by atoms with van der Waals surface area (Å²) in [5, 5.41) is 9.08. The Morgan fingerprint density at radius 1 is 1.38 bits per heavy atom. The second-order valence-corrected chi connectivity index (χ2v) is 8.88. The van der Waals surface area contributed by atoms with E-state index in [-0.39, 0.29) is 25.8 Å². The molecule has 5 nitrogen and oxygen atoms in total. The topological polar surface area (TPSA) is 74.7 Å². The minimum absolute atomic E-state index is 0.0733. The first-order valence-corrected chi connectivity index (χ1v) is 9.32. The van der Waals surface area contributed by atoms with Crippen molar-refractivity contribution in [1.29, 1.82) is 0 Å². The fraction of sp³-hybridized carbons (Fsp3) is 0.417. The van der Waals surface area contributed by atoms with Gasteiger partial charge in [0.15, 0.2) is 0 Å². The molecule has 1 fully saturated rings. The van der Waals surface area contributed by atoms with Crippen molar-refractivity contribution in [3.8, 4) is 0 Å². The summed E-state index contributed by atoms with van der Waals surface area (Å²) >= 11 is 13.4. The molecule has 1 aliphatic rings. The molecule has 0 radical (unpaired) electrons. The Morgan fingerprint density at radius 2 is 2.05 bits per heavy atom. The molecule has 21 heavy (non-hydrogen) atoms. The van der Waals surface area contributed by atoms with Gasteiger partial charge in [-0.15, -0.1) is 0 Å². The molecule has 1 heterocycles. The largest absolute Gasteiger partial charge is 0.478 e. The summed E-state index contributed by atoms with van der Waals surface area (Å²) in [7, 11) is -3.83. The smallest absolute Gasteiger partial charge is 0.337 e. The van der Waals surface area contributed by atoms with Crippen LogP contribution in [0.15, 0.2) is 17.0 Å². The van der Waals surface area contributed by atoms with E-state index >= 15 is 0 Å². The summed E-state index contributed by atoms with van der Waals surface area (Å²) in [6.07, 6.45) is 0. The third-order valence-corrected chi connectivity index (χ3v) is 6.85. The zero-order valence-corrected chi connectivity index (χ0v) is 14.2.